The second-order valence-corrected chi connectivity index (χ2v) is 6.47. The highest BCUT2D eigenvalue weighted by molar-refractivity contribution is 5.79. The van der Waals surface area contributed by atoms with Crippen LogP contribution >= 0.6 is 0 Å². The first kappa shape index (κ1) is 19.1. The molecule has 0 fully saturated rings. The summed E-state index contributed by atoms with van der Waals surface area (Å²) >= 11 is 0. The first-order chi connectivity index (χ1) is 13.2. The number of benzene rings is 1. The maximum Gasteiger partial charge on any atom is 0.231 e. The summed E-state index contributed by atoms with van der Waals surface area (Å²) in [6, 6.07) is 7.92. The van der Waals surface area contributed by atoms with Crippen LogP contribution in [0.1, 0.15) is 56.5 Å². The smallest absolute Gasteiger partial charge is 0.231 e. The molecule has 7 nitrogen and oxygen atoms in total. The van der Waals surface area contributed by atoms with Crippen molar-refractivity contribution in [3.05, 3.63) is 41.3 Å². The third-order valence-electron chi connectivity index (χ3n) is 4.61. The Bertz CT molecular complexity index is 768. The number of nitrogens with zero attached hydrogens (tertiary/aromatic N) is 2. The molecule has 0 saturated heterocycles. The number of ether oxygens (including phenoxy) is 2. The Morgan fingerprint density at radius 3 is 2.70 bits per heavy atom. The zero-order valence-corrected chi connectivity index (χ0v) is 16.2. The van der Waals surface area contributed by atoms with Gasteiger partial charge in [0.15, 0.2) is 23.2 Å². The molecule has 0 radical (unpaired) electrons. The van der Waals surface area contributed by atoms with E-state index >= 15 is 0 Å². The highest BCUT2D eigenvalue weighted by Gasteiger charge is 2.14. The van der Waals surface area contributed by atoms with Crippen LogP contribution < -0.4 is 20.1 Å². The summed E-state index contributed by atoms with van der Waals surface area (Å²) in [5.41, 5.74) is 2.09. The lowest BCUT2D eigenvalue weighted by Gasteiger charge is -2.10. The lowest BCUT2D eigenvalue weighted by Crippen LogP contribution is -2.36. The highest BCUT2D eigenvalue weighted by Crippen LogP contribution is 2.32. The Morgan fingerprint density at radius 1 is 1.11 bits per heavy atom. The van der Waals surface area contributed by atoms with Crippen LogP contribution in [0.5, 0.6) is 11.5 Å². The summed E-state index contributed by atoms with van der Waals surface area (Å²) in [5, 5.41) is 10.8. The first-order valence-corrected chi connectivity index (χ1v) is 9.59. The second kappa shape index (κ2) is 9.30. The molecule has 2 heterocycles. The van der Waals surface area contributed by atoms with Crippen molar-refractivity contribution in [3.63, 3.8) is 0 Å². The Kier molecular flexibility index (Phi) is 6.57. The molecule has 3 rings (SSSR count). The molecule has 1 aromatic carbocycles. The third-order valence-corrected chi connectivity index (χ3v) is 4.61. The van der Waals surface area contributed by atoms with Gasteiger partial charge in [0.1, 0.15) is 0 Å². The van der Waals surface area contributed by atoms with E-state index in [0.717, 1.165) is 53.9 Å². The van der Waals surface area contributed by atoms with Crippen molar-refractivity contribution < 1.29 is 14.0 Å². The van der Waals surface area contributed by atoms with Gasteiger partial charge in [0, 0.05) is 18.5 Å². The molecule has 1 aliphatic heterocycles. The topological polar surface area (TPSA) is 80.9 Å². The van der Waals surface area contributed by atoms with Crippen LogP contribution in [0.15, 0.2) is 33.8 Å². The van der Waals surface area contributed by atoms with E-state index in [9.17, 15) is 0 Å². The van der Waals surface area contributed by atoms with Gasteiger partial charge in [-0.15, -0.1) is 0 Å². The van der Waals surface area contributed by atoms with Crippen LogP contribution in [-0.4, -0.2) is 24.5 Å². The van der Waals surface area contributed by atoms with Crippen LogP contribution in [0.3, 0.4) is 0 Å². The van der Waals surface area contributed by atoms with Gasteiger partial charge < -0.3 is 24.6 Å². The van der Waals surface area contributed by atoms with Gasteiger partial charge in [-0.05, 0) is 37.5 Å². The molecule has 0 spiro atoms. The number of aliphatic imine (C=N–C) groups is 1. The van der Waals surface area contributed by atoms with E-state index in [0.29, 0.717) is 19.0 Å². The van der Waals surface area contributed by atoms with Crippen molar-refractivity contribution in [1.82, 2.24) is 15.8 Å². The molecule has 0 bridgehead atoms. The van der Waals surface area contributed by atoms with Crippen molar-refractivity contribution in [3.8, 4) is 11.5 Å². The van der Waals surface area contributed by atoms with Crippen molar-refractivity contribution in [2.45, 2.75) is 52.6 Å². The van der Waals surface area contributed by atoms with E-state index in [1.165, 1.54) is 0 Å². The maximum absolute atomic E-state index is 5.47. The molecule has 0 saturated carbocycles. The Hall–Kier alpha value is -2.70. The van der Waals surface area contributed by atoms with Crippen LogP contribution in [0.25, 0.3) is 0 Å². The van der Waals surface area contributed by atoms with E-state index in [1.807, 2.05) is 31.2 Å². The maximum atomic E-state index is 5.47. The molecule has 146 valence electrons. The van der Waals surface area contributed by atoms with Crippen molar-refractivity contribution in [2.24, 2.45) is 4.99 Å². The van der Waals surface area contributed by atoms with Crippen molar-refractivity contribution in [1.29, 1.82) is 0 Å². The molecular weight excluding hydrogens is 344 g/mol. The second-order valence-electron chi connectivity index (χ2n) is 6.47. The number of hydrogen-bond donors (Lipinski definition) is 2. The van der Waals surface area contributed by atoms with Gasteiger partial charge in [0.25, 0.3) is 0 Å². The Morgan fingerprint density at radius 2 is 1.93 bits per heavy atom. The van der Waals surface area contributed by atoms with Crippen LogP contribution in [0, 0.1) is 0 Å². The minimum atomic E-state index is 0.280. The van der Waals surface area contributed by atoms with Gasteiger partial charge in [-0.3, -0.25) is 0 Å². The van der Waals surface area contributed by atoms with Crippen molar-refractivity contribution >= 4 is 5.96 Å². The highest BCUT2D eigenvalue weighted by atomic mass is 16.7. The summed E-state index contributed by atoms with van der Waals surface area (Å²) in [5.74, 6) is 3.55. The fourth-order valence-electron chi connectivity index (χ4n) is 3.03. The van der Waals surface area contributed by atoms with Gasteiger partial charge in [0.2, 0.25) is 6.79 Å². The summed E-state index contributed by atoms with van der Waals surface area (Å²) in [6.45, 7) is 8.53. The van der Waals surface area contributed by atoms with Gasteiger partial charge in [-0.25, -0.2) is 4.99 Å². The average Bonchev–Trinajstić information content (AvgIpc) is 3.34. The minimum absolute atomic E-state index is 0.280. The van der Waals surface area contributed by atoms with E-state index in [4.69, 9.17) is 14.0 Å². The summed E-state index contributed by atoms with van der Waals surface area (Å²) in [6.07, 6.45) is 2.13. The number of guanidine groups is 1. The van der Waals surface area contributed by atoms with E-state index in [-0.39, 0.29) is 6.79 Å². The largest absolute Gasteiger partial charge is 0.454 e. The molecule has 2 N–H and O–H groups in total. The molecule has 27 heavy (non-hydrogen) atoms. The quantitative estimate of drug-likeness (QED) is 0.545. The van der Waals surface area contributed by atoms with E-state index in [2.05, 4.69) is 34.6 Å². The zero-order valence-electron chi connectivity index (χ0n) is 16.2. The molecule has 1 aromatic heterocycles. The van der Waals surface area contributed by atoms with Crippen LogP contribution in [0.2, 0.25) is 0 Å². The van der Waals surface area contributed by atoms with Crippen LogP contribution in [0.4, 0.5) is 0 Å². The molecular formula is C20H28N4O3. The Balaban J connectivity index is 1.59. The first-order valence-electron chi connectivity index (χ1n) is 9.59. The monoisotopic (exact) mass is 372 g/mol. The fourth-order valence-corrected chi connectivity index (χ4v) is 3.03. The number of fused-ring (bicyclic) bond motifs is 1. The molecule has 0 atom stereocenters. The molecule has 0 amide bonds. The summed E-state index contributed by atoms with van der Waals surface area (Å²) < 4.78 is 16.2. The van der Waals surface area contributed by atoms with Gasteiger partial charge in [0.05, 0.1) is 18.8 Å². The third kappa shape index (κ3) is 4.93. The molecule has 2 aromatic rings. The predicted octanol–water partition coefficient (Wildman–Crippen LogP) is 3.56. The average molecular weight is 372 g/mol. The lowest BCUT2D eigenvalue weighted by molar-refractivity contribution is 0.174. The molecule has 7 heteroatoms. The van der Waals surface area contributed by atoms with Crippen molar-refractivity contribution in [2.75, 3.05) is 13.3 Å². The number of nitrogens with one attached hydrogen (secondary N) is 2. The summed E-state index contributed by atoms with van der Waals surface area (Å²) in [7, 11) is 0. The lowest BCUT2D eigenvalue weighted by atomic mass is 9.99. The van der Waals surface area contributed by atoms with E-state index < -0.39 is 0 Å². The van der Waals surface area contributed by atoms with Crippen LogP contribution in [-0.2, 0) is 13.1 Å². The number of aromatic nitrogens is 1. The number of rotatable bonds is 8. The van der Waals surface area contributed by atoms with Gasteiger partial charge in [-0.2, -0.15) is 0 Å². The normalized spacial score (nSPS) is 13.3. The zero-order chi connectivity index (χ0) is 19.1. The summed E-state index contributed by atoms with van der Waals surface area (Å²) in [4.78, 5) is 4.63. The molecule has 0 unspecified atom stereocenters. The standard InChI is InChI=1S/C20H28N4O3/c1-4-15(5-2)17-10-16(27-24-17)12-23-20(21-6-3)22-11-14-7-8-18-19(9-14)26-13-25-18/h7-10,15H,4-6,11-13H2,1-3H3,(H2,21,22,23). The fraction of sp³-hybridized carbons (Fsp3) is 0.500. The van der Waals surface area contributed by atoms with Gasteiger partial charge in [-0.1, -0.05) is 25.1 Å². The van der Waals surface area contributed by atoms with Gasteiger partial charge >= 0.3 is 0 Å². The molecule has 1 aliphatic rings. The SMILES string of the molecule is CCNC(=NCc1ccc2c(c1)OCO2)NCc1cc(C(CC)CC)no1. The minimum Gasteiger partial charge on any atom is -0.454 e. The Labute approximate surface area is 160 Å². The van der Waals surface area contributed by atoms with E-state index in [1.54, 1.807) is 0 Å². The number of hydrogen-bond acceptors (Lipinski definition) is 5. The molecule has 0 aliphatic carbocycles. The predicted molar refractivity (Wildman–Crippen MR) is 104 cm³/mol.